The Kier molecular flexibility index (Phi) is 3.34. The van der Waals surface area contributed by atoms with Crippen LogP contribution in [0.3, 0.4) is 0 Å². The number of hydrogen-bond acceptors (Lipinski definition) is 2. The largest absolute Gasteiger partial charge is 0.335 e. The van der Waals surface area contributed by atoms with Gasteiger partial charge in [0.15, 0.2) is 0 Å². The molecule has 0 unspecified atom stereocenters. The van der Waals surface area contributed by atoms with E-state index in [9.17, 15) is 0 Å². The van der Waals surface area contributed by atoms with E-state index in [1.807, 2.05) is 12.4 Å². The molecule has 0 N–H and O–H groups in total. The van der Waals surface area contributed by atoms with Crippen molar-refractivity contribution in [2.45, 2.75) is 25.3 Å². The van der Waals surface area contributed by atoms with Crippen LogP contribution in [0.5, 0.6) is 0 Å². The fraction of sp³-hybridized carbons (Fsp3) is 0.400. The van der Waals surface area contributed by atoms with Crippen LogP contribution in [0, 0.1) is 3.57 Å². The summed E-state index contributed by atoms with van der Waals surface area (Å²) in [4.78, 5) is 8.12. The molecular formula is C10H12IN3. The maximum Gasteiger partial charge on any atom is 0.117 e. The lowest BCUT2D eigenvalue weighted by Crippen LogP contribution is -2.16. The van der Waals surface area contributed by atoms with Gasteiger partial charge in [-0.15, -0.1) is 0 Å². The highest BCUT2D eigenvalue weighted by Gasteiger charge is 2.17. The lowest BCUT2D eigenvalue weighted by Gasteiger charge is -2.27. The number of hydrogen-bond donors (Lipinski definition) is 0. The SMILES string of the molecule is Ic1ccncncn(C2CCC2)c1. The van der Waals surface area contributed by atoms with E-state index in [2.05, 4.69) is 43.3 Å². The zero-order chi connectivity index (χ0) is 9.80. The Morgan fingerprint density at radius 2 is 2.21 bits per heavy atom. The average molecular weight is 301 g/mol. The Morgan fingerprint density at radius 3 is 2.93 bits per heavy atom. The molecule has 1 fully saturated rings. The summed E-state index contributed by atoms with van der Waals surface area (Å²) in [6.45, 7) is 0. The Morgan fingerprint density at radius 1 is 1.36 bits per heavy atom. The highest BCUT2D eigenvalue weighted by atomic mass is 127. The Bertz CT molecular complexity index is 356. The molecule has 4 heteroatoms. The van der Waals surface area contributed by atoms with Gasteiger partial charge in [0, 0.05) is 22.0 Å². The van der Waals surface area contributed by atoms with E-state index in [1.165, 1.54) is 22.8 Å². The molecule has 3 nitrogen and oxygen atoms in total. The van der Waals surface area contributed by atoms with Crippen molar-refractivity contribution in [1.29, 1.82) is 0 Å². The molecule has 0 bridgehead atoms. The summed E-state index contributed by atoms with van der Waals surface area (Å²) >= 11 is 2.30. The molecule has 0 aromatic carbocycles. The fourth-order valence-corrected chi connectivity index (χ4v) is 1.88. The van der Waals surface area contributed by atoms with E-state index in [0.717, 1.165) is 0 Å². The Balaban J connectivity index is 2.39. The van der Waals surface area contributed by atoms with Crippen molar-refractivity contribution in [2.24, 2.45) is 0 Å². The normalized spacial score (nSPS) is 15.8. The summed E-state index contributed by atoms with van der Waals surface area (Å²) in [5.74, 6) is 0. The minimum absolute atomic E-state index is 0.642. The summed E-state index contributed by atoms with van der Waals surface area (Å²) in [5, 5.41) is 0. The fourth-order valence-electron chi connectivity index (χ4n) is 1.40. The topological polar surface area (TPSA) is 30.7 Å². The molecule has 1 aliphatic carbocycles. The quantitative estimate of drug-likeness (QED) is 0.747. The second-order valence-electron chi connectivity index (χ2n) is 3.39. The third-order valence-corrected chi connectivity index (χ3v) is 3.06. The zero-order valence-electron chi connectivity index (χ0n) is 7.81. The van der Waals surface area contributed by atoms with E-state index in [0.29, 0.717) is 6.04 Å². The van der Waals surface area contributed by atoms with Crippen LogP contribution in [-0.2, 0) is 0 Å². The van der Waals surface area contributed by atoms with Crippen LogP contribution in [0.15, 0.2) is 31.1 Å². The van der Waals surface area contributed by atoms with Crippen molar-refractivity contribution in [3.05, 3.63) is 34.7 Å². The van der Waals surface area contributed by atoms with E-state index in [1.54, 1.807) is 12.5 Å². The smallest absolute Gasteiger partial charge is 0.117 e. The third kappa shape index (κ3) is 2.43. The van der Waals surface area contributed by atoms with E-state index in [4.69, 9.17) is 0 Å². The maximum absolute atomic E-state index is 4.12. The van der Waals surface area contributed by atoms with Gasteiger partial charge in [0.05, 0.1) is 6.33 Å². The highest BCUT2D eigenvalue weighted by molar-refractivity contribution is 14.1. The Hall–Kier alpha value is -0.650. The Labute approximate surface area is 97.0 Å². The van der Waals surface area contributed by atoms with E-state index in [-0.39, 0.29) is 0 Å². The van der Waals surface area contributed by atoms with Crippen molar-refractivity contribution in [3.63, 3.8) is 0 Å². The first-order valence-corrected chi connectivity index (χ1v) is 5.80. The van der Waals surface area contributed by atoms with Gasteiger partial charge in [-0.1, -0.05) is 0 Å². The minimum atomic E-state index is 0.642. The molecule has 14 heavy (non-hydrogen) atoms. The standard InChI is InChI=1S/C10H12IN3/c11-9-4-5-12-7-13-8-14(6-9)10-2-1-3-10/h4-8,10H,1-3H2. The van der Waals surface area contributed by atoms with Gasteiger partial charge in [-0.05, 0) is 47.9 Å². The monoisotopic (exact) mass is 301 g/mol. The van der Waals surface area contributed by atoms with Crippen LogP contribution in [-0.4, -0.2) is 14.5 Å². The van der Waals surface area contributed by atoms with Crippen molar-refractivity contribution < 1.29 is 0 Å². The van der Waals surface area contributed by atoms with Crippen LogP contribution in [0.4, 0.5) is 0 Å². The molecule has 1 aromatic heterocycles. The van der Waals surface area contributed by atoms with Crippen molar-refractivity contribution in [1.82, 2.24) is 14.5 Å². The van der Waals surface area contributed by atoms with E-state index < -0.39 is 0 Å². The highest BCUT2D eigenvalue weighted by Crippen LogP contribution is 2.30. The predicted molar refractivity (Wildman–Crippen MR) is 63.3 cm³/mol. The summed E-state index contributed by atoms with van der Waals surface area (Å²) in [7, 11) is 0. The van der Waals surface area contributed by atoms with Crippen LogP contribution in [0.2, 0.25) is 0 Å². The molecular weight excluding hydrogens is 289 g/mol. The maximum atomic E-state index is 4.12. The lowest BCUT2D eigenvalue weighted by molar-refractivity contribution is 0.310. The second-order valence-corrected chi connectivity index (χ2v) is 4.64. The molecule has 0 amide bonds. The molecule has 1 saturated carbocycles. The summed E-state index contributed by atoms with van der Waals surface area (Å²) in [5.41, 5.74) is 0. The summed E-state index contributed by atoms with van der Waals surface area (Å²) < 4.78 is 3.37. The molecule has 0 aliphatic heterocycles. The second kappa shape index (κ2) is 4.72. The minimum Gasteiger partial charge on any atom is -0.335 e. The van der Waals surface area contributed by atoms with Gasteiger partial charge in [0.25, 0.3) is 0 Å². The molecule has 2 rings (SSSR count). The molecule has 0 spiro atoms. The third-order valence-electron chi connectivity index (χ3n) is 2.42. The molecule has 0 saturated heterocycles. The number of rotatable bonds is 1. The van der Waals surface area contributed by atoms with Crippen molar-refractivity contribution in [3.8, 4) is 0 Å². The van der Waals surface area contributed by atoms with Crippen molar-refractivity contribution >= 4 is 22.6 Å². The van der Waals surface area contributed by atoms with Crippen molar-refractivity contribution in [2.75, 3.05) is 0 Å². The van der Waals surface area contributed by atoms with Gasteiger partial charge >= 0.3 is 0 Å². The zero-order valence-corrected chi connectivity index (χ0v) is 9.96. The number of halogens is 1. The van der Waals surface area contributed by atoms with Gasteiger partial charge in [-0.3, -0.25) is 0 Å². The number of aromatic nitrogens is 3. The predicted octanol–water partition coefficient (Wildman–Crippen LogP) is 2.73. The molecule has 0 radical (unpaired) electrons. The lowest BCUT2D eigenvalue weighted by atomic mass is 9.93. The van der Waals surface area contributed by atoms with Crippen LogP contribution < -0.4 is 0 Å². The van der Waals surface area contributed by atoms with Crippen LogP contribution in [0.25, 0.3) is 0 Å². The molecule has 0 atom stereocenters. The summed E-state index contributed by atoms with van der Waals surface area (Å²) in [6.07, 6.45) is 11.2. The van der Waals surface area contributed by atoms with Gasteiger partial charge in [0.1, 0.15) is 6.33 Å². The first-order valence-electron chi connectivity index (χ1n) is 4.72. The van der Waals surface area contributed by atoms with Gasteiger partial charge in [0.2, 0.25) is 0 Å². The van der Waals surface area contributed by atoms with E-state index >= 15 is 0 Å². The summed E-state index contributed by atoms with van der Waals surface area (Å²) in [6, 6.07) is 2.63. The first-order chi connectivity index (χ1) is 6.86. The first kappa shape index (κ1) is 9.89. The van der Waals surface area contributed by atoms with Crippen LogP contribution >= 0.6 is 22.6 Å². The number of nitrogens with zero attached hydrogens (tertiary/aromatic N) is 3. The molecule has 1 aliphatic rings. The molecule has 1 aromatic rings. The van der Waals surface area contributed by atoms with Gasteiger partial charge in [-0.2, -0.15) is 0 Å². The van der Waals surface area contributed by atoms with Crippen LogP contribution in [0.1, 0.15) is 25.3 Å². The average Bonchev–Trinajstić information content (AvgIpc) is 2.15. The molecule has 74 valence electrons. The van der Waals surface area contributed by atoms with Gasteiger partial charge < -0.3 is 4.57 Å². The van der Waals surface area contributed by atoms with Gasteiger partial charge in [-0.25, -0.2) is 9.97 Å². The molecule has 1 heterocycles.